The maximum Gasteiger partial charge on any atom is 0.472 e. The Kier molecular flexibility index (Phi) is 68.4. The lowest BCUT2D eigenvalue weighted by Gasteiger charge is -2.21. The summed E-state index contributed by atoms with van der Waals surface area (Å²) in [6.45, 7) is 9.61. The first-order valence-corrected chi connectivity index (χ1v) is 43.5. The van der Waals surface area contributed by atoms with Gasteiger partial charge in [-0.15, -0.1) is 0 Å². The fourth-order valence-corrected chi connectivity index (χ4v) is 13.6. The first kappa shape index (κ1) is 95.1. The van der Waals surface area contributed by atoms with Gasteiger partial charge in [0.25, 0.3) is 0 Å². The van der Waals surface area contributed by atoms with Gasteiger partial charge in [0.1, 0.15) is 19.3 Å². The summed E-state index contributed by atoms with van der Waals surface area (Å²) >= 11 is 0. The zero-order chi connectivity index (χ0) is 71.4. The van der Waals surface area contributed by atoms with Crippen molar-refractivity contribution in [3.8, 4) is 0 Å². The molecule has 17 nitrogen and oxygen atoms in total. The van der Waals surface area contributed by atoms with Gasteiger partial charge in [-0.25, -0.2) is 9.13 Å². The monoisotopic (exact) mass is 1420 g/mol. The number of carbonyl (C=O) groups excluding carboxylic acids is 4. The molecule has 0 aliphatic rings. The predicted molar refractivity (Wildman–Crippen MR) is 395 cm³/mol. The summed E-state index contributed by atoms with van der Waals surface area (Å²) < 4.78 is 68.6. The molecule has 3 unspecified atom stereocenters. The molecule has 0 radical (unpaired) electrons. The molecule has 0 saturated heterocycles. The van der Waals surface area contributed by atoms with E-state index in [4.69, 9.17) is 37.0 Å². The Labute approximate surface area is 594 Å². The zero-order valence-corrected chi connectivity index (χ0v) is 65.2. The van der Waals surface area contributed by atoms with Gasteiger partial charge in [-0.1, -0.05) is 356 Å². The Morgan fingerprint density at radius 1 is 0.299 bits per heavy atom. The molecule has 6 atom stereocenters. The van der Waals surface area contributed by atoms with E-state index in [-0.39, 0.29) is 25.7 Å². The highest BCUT2D eigenvalue weighted by atomic mass is 31.2. The van der Waals surface area contributed by atoms with Crippen LogP contribution in [0.3, 0.4) is 0 Å². The first-order chi connectivity index (χ1) is 46.9. The van der Waals surface area contributed by atoms with Crippen molar-refractivity contribution in [3.05, 3.63) is 0 Å². The van der Waals surface area contributed by atoms with Crippen LogP contribution in [0.1, 0.15) is 408 Å². The summed E-state index contributed by atoms with van der Waals surface area (Å²) in [4.78, 5) is 72.9. The fraction of sp³-hybridized carbons (Fsp3) is 0.949. The van der Waals surface area contributed by atoms with Gasteiger partial charge in [-0.2, -0.15) is 0 Å². The number of phosphoric ester groups is 2. The van der Waals surface area contributed by atoms with E-state index in [1.54, 1.807) is 0 Å². The number of hydrogen-bond donors (Lipinski definition) is 3. The predicted octanol–water partition coefficient (Wildman–Crippen LogP) is 23.1. The van der Waals surface area contributed by atoms with Crippen LogP contribution in [0, 0.1) is 11.8 Å². The molecule has 0 aromatic rings. The minimum Gasteiger partial charge on any atom is -0.462 e. The Morgan fingerprint density at radius 3 is 0.784 bits per heavy atom. The maximum atomic E-state index is 13.1. The van der Waals surface area contributed by atoms with E-state index in [2.05, 4.69) is 41.5 Å². The zero-order valence-electron chi connectivity index (χ0n) is 63.4. The number of unbranched alkanes of at least 4 members (excludes halogenated alkanes) is 46. The van der Waals surface area contributed by atoms with E-state index in [1.165, 1.54) is 225 Å². The molecule has 0 aromatic heterocycles. The van der Waals surface area contributed by atoms with Gasteiger partial charge in [-0.3, -0.25) is 37.3 Å². The summed E-state index contributed by atoms with van der Waals surface area (Å²) in [7, 11) is -9.92. The third kappa shape index (κ3) is 70.9. The molecule has 0 amide bonds. The Hall–Kier alpha value is -1.94. The molecule has 0 heterocycles. The molecular formula is C78H152O17P2. The third-order valence-corrected chi connectivity index (χ3v) is 20.5. The standard InChI is InChI=1S/C78H152O17P2/c1-7-10-12-14-16-18-20-22-24-25-27-29-31-36-44-50-56-62-77(82)94-73(66-88-75(80)60-54-48-42-35-30-28-26-23-21-19-17-15-13-11-8-2)68-92-96(84,85)90-64-72(79)65-91-97(86,87)93-69-74(67-89-76(81)61-55-49-43-39-38-40-46-52-58-70(4)5)95-78(83)63-57-51-45-37-33-32-34-41-47-53-59-71(6)9-3/h70-74,79H,7-69H2,1-6H3,(H,84,85)(H,86,87)/t71?,72-,73-,74-/m1/s1. The second kappa shape index (κ2) is 69.8. The van der Waals surface area contributed by atoms with E-state index in [0.29, 0.717) is 25.7 Å². The first-order valence-electron chi connectivity index (χ1n) is 40.5. The average molecular weight is 1420 g/mol. The van der Waals surface area contributed by atoms with Crippen molar-refractivity contribution in [2.45, 2.75) is 426 Å². The summed E-state index contributed by atoms with van der Waals surface area (Å²) in [5.74, 6) is -0.582. The molecular weight excluding hydrogens is 1270 g/mol. The Morgan fingerprint density at radius 2 is 0.526 bits per heavy atom. The van der Waals surface area contributed by atoms with Gasteiger partial charge in [-0.05, 0) is 37.5 Å². The number of esters is 4. The van der Waals surface area contributed by atoms with Crippen molar-refractivity contribution in [1.29, 1.82) is 0 Å². The molecule has 19 heteroatoms. The van der Waals surface area contributed by atoms with E-state index in [1.807, 2.05) is 0 Å². The van der Waals surface area contributed by atoms with E-state index < -0.39 is 97.5 Å². The van der Waals surface area contributed by atoms with E-state index in [9.17, 15) is 43.2 Å². The third-order valence-electron chi connectivity index (χ3n) is 18.6. The number of carbonyl (C=O) groups is 4. The molecule has 0 fully saturated rings. The summed E-state index contributed by atoms with van der Waals surface area (Å²) in [6.07, 6.45) is 58.1. The van der Waals surface area contributed by atoms with Gasteiger partial charge in [0.15, 0.2) is 12.2 Å². The van der Waals surface area contributed by atoms with E-state index >= 15 is 0 Å². The van der Waals surface area contributed by atoms with Crippen LogP contribution in [0.15, 0.2) is 0 Å². The van der Waals surface area contributed by atoms with Gasteiger partial charge in [0, 0.05) is 25.7 Å². The molecule has 0 aliphatic heterocycles. The molecule has 0 rings (SSSR count). The molecule has 97 heavy (non-hydrogen) atoms. The normalized spacial score (nSPS) is 14.2. The van der Waals surface area contributed by atoms with Gasteiger partial charge in [0.05, 0.1) is 26.4 Å². The van der Waals surface area contributed by atoms with Crippen molar-refractivity contribution >= 4 is 39.5 Å². The van der Waals surface area contributed by atoms with Gasteiger partial charge < -0.3 is 33.8 Å². The lowest BCUT2D eigenvalue weighted by Crippen LogP contribution is -2.30. The van der Waals surface area contributed by atoms with Crippen LogP contribution >= 0.6 is 15.6 Å². The fourth-order valence-electron chi connectivity index (χ4n) is 12.0. The van der Waals surface area contributed by atoms with Crippen molar-refractivity contribution in [1.82, 2.24) is 0 Å². The van der Waals surface area contributed by atoms with Crippen LogP contribution in [-0.2, 0) is 65.4 Å². The highest BCUT2D eigenvalue weighted by molar-refractivity contribution is 7.47. The molecule has 0 saturated carbocycles. The lowest BCUT2D eigenvalue weighted by atomic mass is 9.99. The SMILES string of the molecule is CCCCCCCCCCCCCCCCCCCC(=O)O[C@H](COC(=O)CCCCCCCCCCCCCCCCC)COP(=O)(O)OC[C@@H](O)COP(=O)(O)OC[C@@H](COC(=O)CCCCCCCCCCC(C)C)OC(=O)CCCCCCCCCCCCC(C)CC. The molecule has 3 N–H and O–H groups in total. The van der Waals surface area contributed by atoms with Crippen molar-refractivity contribution in [3.63, 3.8) is 0 Å². The molecule has 0 aliphatic carbocycles. The van der Waals surface area contributed by atoms with Gasteiger partial charge >= 0.3 is 39.5 Å². The maximum absolute atomic E-state index is 13.1. The highest BCUT2D eigenvalue weighted by Gasteiger charge is 2.30. The van der Waals surface area contributed by atoms with Crippen LogP contribution in [0.2, 0.25) is 0 Å². The quantitative estimate of drug-likeness (QED) is 0.0222. The molecule has 0 spiro atoms. The number of phosphoric acid groups is 2. The van der Waals surface area contributed by atoms with Gasteiger partial charge in [0.2, 0.25) is 0 Å². The molecule has 0 aromatic carbocycles. The number of aliphatic hydroxyl groups is 1. The Balaban J connectivity index is 5.26. The minimum atomic E-state index is -4.96. The van der Waals surface area contributed by atoms with Crippen LogP contribution in [-0.4, -0.2) is 96.7 Å². The highest BCUT2D eigenvalue weighted by Crippen LogP contribution is 2.45. The van der Waals surface area contributed by atoms with Crippen LogP contribution in [0.4, 0.5) is 0 Å². The summed E-state index contributed by atoms with van der Waals surface area (Å²) in [5.41, 5.74) is 0. The topological polar surface area (TPSA) is 237 Å². The smallest absolute Gasteiger partial charge is 0.462 e. The summed E-state index contributed by atoms with van der Waals surface area (Å²) in [6, 6.07) is 0. The van der Waals surface area contributed by atoms with Crippen molar-refractivity contribution < 1.29 is 80.2 Å². The van der Waals surface area contributed by atoms with Crippen molar-refractivity contribution in [2.75, 3.05) is 39.6 Å². The molecule has 576 valence electrons. The molecule has 0 bridgehead atoms. The van der Waals surface area contributed by atoms with Crippen molar-refractivity contribution in [2.24, 2.45) is 11.8 Å². The van der Waals surface area contributed by atoms with Crippen LogP contribution in [0.25, 0.3) is 0 Å². The van der Waals surface area contributed by atoms with E-state index in [0.717, 1.165) is 102 Å². The minimum absolute atomic E-state index is 0.106. The largest absolute Gasteiger partial charge is 0.472 e. The Bertz CT molecular complexity index is 1870. The second-order valence-electron chi connectivity index (χ2n) is 28.8. The summed E-state index contributed by atoms with van der Waals surface area (Å²) in [5, 5.41) is 10.6. The second-order valence-corrected chi connectivity index (χ2v) is 31.7. The number of hydrogen-bond acceptors (Lipinski definition) is 15. The van der Waals surface area contributed by atoms with Crippen LogP contribution in [0.5, 0.6) is 0 Å². The number of ether oxygens (including phenoxy) is 4. The average Bonchev–Trinajstić information content (AvgIpc) is 1.36. The lowest BCUT2D eigenvalue weighted by molar-refractivity contribution is -0.161. The number of aliphatic hydroxyl groups excluding tert-OH is 1. The number of rotatable bonds is 77. The van der Waals surface area contributed by atoms with Crippen LogP contribution < -0.4 is 0 Å².